The topological polar surface area (TPSA) is 64.9 Å². The van der Waals surface area contributed by atoms with Crippen LogP contribution in [0.1, 0.15) is 18.9 Å². The first kappa shape index (κ1) is 13.1. The summed E-state index contributed by atoms with van der Waals surface area (Å²) in [6, 6.07) is 7.15. The van der Waals surface area contributed by atoms with Crippen LogP contribution in [0.5, 0.6) is 0 Å². The maximum absolute atomic E-state index is 12.1. The molecule has 1 aliphatic heterocycles. The lowest BCUT2D eigenvalue weighted by atomic mass is 10.0. The molecule has 18 heavy (non-hydrogen) atoms. The Bertz CT molecular complexity index is 509. The molecule has 1 aromatic carbocycles. The number of halogens is 1. The van der Waals surface area contributed by atoms with Crippen LogP contribution < -0.4 is 10.6 Å². The second kappa shape index (κ2) is 5.51. The van der Waals surface area contributed by atoms with Gasteiger partial charge in [0.1, 0.15) is 6.07 Å². The van der Waals surface area contributed by atoms with Gasteiger partial charge in [0, 0.05) is 4.47 Å². The van der Waals surface area contributed by atoms with Crippen LogP contribution in [0.15, 0.2) is 22.7 Å². The maximum atomic E-state index is 12.1. The summed E-state index contributed by atoms with van der Waals surface area (Å²) in [6.45, 7) is 2.92. The Morgan fingerprint density at radius 2 is 2.39 bits per heavy atom. The van der Waals surface area contributed by atoms with E-state index in [0.29, 0.717) is 17.2 Å². The summed E-state index contributed by atoms with van der Waals surface area (Å²) < 4.78 is 0.824. The van der Waals surface area contributed by atoms with Crippen LogP contribution in [0.25, 0.3) is 0 Å². The molecular weight excluding hydrogens is 294 g/mol. The average Bonchev–Trinajstić information content (AvgIpc) is 2.77. The molecule has 0 spiro atoms. The molecule has 1 amide bonds. The average molecular weight is 308 g/mol. The lowest BCUT2D eigenvalue weighted by Gasteiger charge is -2.16. The summed E-state index contributed by atoms with van der Waals surface area (Å²) in [7, 11) is 0. The van der Waals surface area contributed by atoms with Crippen molar-refractivity contribution in [1.82, 2.24) is 5.32 Å². The largest absolute Gasteiger partial charge is 0.324 e. The minimum Gasteiger partial charge on any atom is -0.324 e. The molecule has 1 saturated heterocycles. The van der Waals surface area contributed by atoms with Crippen molar-refractivity contribution in [2.24, 2.45) is 5.92 Å². The quantitative estimate of drug-likeness (QED) is 0.881. The van der Waals surface area contributed by atoms with Gasteiger partial charge in [-0.05, 0) is 37.1 Å². The molecule has 0 radical (unpaired) electrons. The minimum atomic E-state index is -0.166. The molecule has 4 nitrogen and oxygen atoms in total. The molecule has 2 rings (SSSR count). The number of rotatable bonds is 2. The van der Waals surface area contributed by atoms with E-state index in [0.717, 1.165) is 17.4 Å². The predicted molar refractivity (Wildman–Crippen MR) is 73.1 cm³/mol. The van der Waals surface area contributed by atoms with E-state index in [9.17, 15) is 4.79 Å². The number of carbonyl (C=O) groups excluding carboxylic acids is 1. The Balaban J connectivity index is 2.14. The molecule has 2 N–H and O–H groups in total. The highest BCUT2D eigenvalue weighted by atomic mass is 79.9. The Morgan fingerprint density at radius 1 is 1.61 bits per heavy atom. The minimum absolute atomic E-state index is 0.0705. The first-order valence-electron chi connectivity index (χ1n) is 5.85. The van der Waals surface area contributed by atoms with Crippen LogP contribution in [-0.2, 0) is 4.79 Å². The normalized spacial score (nSPS) is 22.5. The Kier molecular flexibility index (Phi) is 4.00. The van der Waals surface area contributed by atoms with Crippen molar-refractivity contribution in [2.45, 2.75) is 19.4 Å². The van der Waals surface area contributed by atoms with E-state index in [1.54, 1.807) is 12.1 Å². The molecule has 0 saturated carbocycles. The molecule has 5 heteroatoms. The van der Waals surface area contributed by atoms with E-state index in [2.05, 4.69) is 39.6 Å². The van der Waals surface area contributed by atoms with Crippen molar-refractivity contribution in [3.8, 4) is 6.07 Å². The summed E-state index contributed by atoms with van der Waals surface area (Å²) in [4.78, 5) is 12.1. The highest BCUT2D eigenvalue weighted by Crippen LogP contribution is 2.22. The molecule has 0 bridgehead atoms. The van der Waals surface area contributed by atoms with Crippen molar-refractivity contribution in [1.29, 1.82) is 5.26 Å². The van der Waals surface area contributed by atoms with Gasteiger partial charge in [-0.15, -0.1) is 0 Å². The lowest BCUT2D eigenvalue weighted by molar-refractivity contribution is -0.118. The first-order chi connectivity index (χ1) is 8.61. The fourth-order valence-electron chi connectivity index (χ4n) is 2.11. The van der Waals surface area contributed by atoms with Gasteiger partial charge in [0.05, 0.1) is 17.3 Å². The summed E-state index contributed by atoms with van der Waals surface area (Å²) in [6.07, 6.45) is 1.00. The number of benzene rings is 1. The van der Waals surface area contributed by atoms with Gasteiger partial charge in [-0.25, -0.2) is 0 Å². The number of hydrogen-bond acceptors (Lipinski definition) is 3. The predicted octanol–water partition coefficient (Wildman–Crippen LogP) is 2.26. The highest BCUT2D eigenvalue weighted by molar-refractivity contribution is 9.10. The summed E-state index contributed by atoms with van der Waals surface area (Å²) in [5.41, 5.74) is 1.02. The molecule has 1 heterocycles. The number of nitrogens with one attached hydrogen (secondary N) is 2. The Hall–Kier alpha value is -1.38. The Morgan fingerprint density at radius 3 is 3.00 bits per heavy atom. The fourth-order valence-corrected chi connectivity index (χ4v) is 2.48. The highest BCUT2D eigenvalue weighted by Gasteiger charge is 2.29. The summed E-state index contributed by atoms with van der Waals surface area (Å²) in [5.74, 6) is 0.254. The molecule has 2 atom stereocenters. The van der Waals surface area contributed by atoms with E-state index in [1.807, 2.05) is 6.07 Å². The SMILES string of the molecule is CC1CCNC1C(=O)Nc1ccc(Br)cc1C#N. The van der Waals surface area contributed by atoms with Gasteiger partial charge in [-0.2, -0.15) is 5.26 Å². The molecule has 2 unspecified atom stereocenters. The zero-order valence-corrected chi connectivity index (χ0v) is 11.6. The van der Waals surface area contributed by atoms with Crippen LogP contribution in [-0.4, -0.2) is 18.5 Å². The van der Waals surface area contributed by atoms with Crippen molar-refractivity contribution in [3.05, 3.63) is 28.2 Å². The van der Waals surface area contributed by atoms with Crippen molar-refractivity contribution < 1.29 is 4.79 Å². The standard InChI is InChI=1S/C13H14BrN3O/c1-8-4-5-16-12(8)13(18)17-11-3-2-10(14)6-9(11)7-15/h2-3,6,8,12,16H,4-5H2,1H3,(H,17,18). The fraction of sp³-hybridized carbons (Fsp3) is 0.385. The molecular formula is C13H14BrN3O. The zero-order valence-electron chi connectivity index (χ0n) is 10.0. The van der Waals surface area contributed by atoms with Gasteiger partial charge in [0.25, 0.3) is 0 Å². The van der Waals surface area contributed by atoms with Gasteiger partial charge in [0.2, 0.25) is 5.91 Å². The van der Waals surface area contributed by atoms with Crippen LogP contribution in [0.3, 0.4) is 0 Å². The number of nitrogens with zero attached hydrogens (tertiary/aromatic N) is 1. The van der Waals surface area contributed by atoms with Crippen LogP contribution in [0.2, 0.25) is 0 Å². The zero-order chi connectivity index (χ0) is 13.1. The third kappa shape index (κ3) is 2.71. The summed E-state index contributed by atoms with van der Waals surface area (Å²) in [5, 5.41) is 15.0. The van der Waals surface area contributed by atoms with Crippen LogP contribution >= 0.6 is 15.9 Å². The second-order valence-corrected chi connectivity index (χ2v) is 5.40. The van der Waals surface area contributed by atoms with Crippen molar-refractivity contribution >= 4 is 27.5 Å². The van der Waals surface area contributed by atoms with E-state index in [-0.39, 0.29) is 11.9 Å². The van der Waals surface area contributed by atoms with Crippen LogP contribution in [0, 0.1) is 17.2 Å². The molecule has 0 aliphatic carbocycles. The lowest BCUT2D eigenvalue weighted by Crippen LogP contribution is -2.39. The number of amides is 1. The molecule has 1 aliphatic rings. The molecule has 94 valence electrons. The van der Waals surface area contributed by atoms with Gasteiger partial charge in [0.15, 0.2) is 0 Å². The first-order valence-corrected chi connectivity index (χ1v) is 6.65. The van der Waals surface area contributed by atoms with Gasteiger partial charge >= 0.3 is 0 Å². The van der Waals surface area contributed by atoms with Gasteiger partial charge < -0.3 is 10.6 Å². The number of carbonyl (C=O) groups is 1. The van der Waals surface area contributed by atoms with Crippen molar-refractivity contribution in [3.63, 3.8) is 0 Å². The van der Waals surface area contributed by atoms with Crippen LogP contribution in [0.4, 0.5) is 5.69 Å². The molecule has 1 aromatic rings. The van der Waals surface area contributed by atoms with E-state index < -0.39 is 0 Å². The van der Waals surface area contributed by atoms with E-state index in [1.165, 1.54) is 0 Å². The van der Waals surface area contributed by atoms with E-state index >= 15 is 0 Å². The van der Waals surface area contributed by atoms with Gasteiger partial charge in [-0.3, -0.25) is 4.79 Å². The number of nitriles is 1. The third-order valence-corrected chi connectivity index (χ3v) is 3.67. The monoisotopic (exact) mass is 307 g/mol. The smallest absolute Gasteiger partial charge is 0.241 e. The molecule has 0 aromatic heterocycles. The number of hydrogen-bond donors (Lipinski definition) is 2. The summed E-state index contributed by atoms with van der Waals surface area (Å²) >= 11 is 3.30. The van der Waals surface area contributed by atoms with Crippen molar-refractivity contribution in [2.75, 3.05) is 11.9 Å². The van der Waals surface area contributed by atoms with E-state index in [4.69, 9.17) is 5.26 Å². The number of anilines is 1. The third-order valence-electron chi connectivity index (χ3n) is 3.18. The second-order valence-electron chi connectivity index (χ2n) is 4.49. The van der Waals surface area contributed by atoms with Gasteiger partial charge in [-0.1, -0.05) is 22.9 Å². The Labute approximate surface area is 115 Å². The maximum Gasteiger partial charge on any atom is 0.241 e. The molecule has 1 fully saturated rings.